The molecule has 1 atom stereocenters. The number of hydrogen-bond donors (Lipinski definition) is 0. The van der Waals surface area contributed by atoms with Crippen LogP contribution in [-0.4, -0.2) is 29.8 Å². The summed E-state index contributed by atoms with van der Waals surface area (Å²) in [5.74, 6) is -0.443. The second kappa shape index (κ2) is 8.11. The Bertz CT molecular complexity index is 790. The predicted molar refractivity (Wildman–Crippen MR) is 104 cm³/mol. The normalized spacial score (nSPS) is 16.8. The average molecular weight is 391 g/mol. The molecule has 136 valence electrons. The molecule has 0 radical (unpaired) electrons. The van der Waals surface area contributed by atoms with Crippen molar-refractivity contribution in [1.82, 2.24) is 4.90 Å². The molecule has 1 unspecified atom stereocenters. The molecule has 1 aliphatic rings. The topological polar surface area (TPSA) is 40.6 Å². The van der Waals surface area contributed by atoms with Gasteiger partial charge in [0.05, 0.1) is 5.92 Å². The van der Waals surface area contributed by atoms with E-state index in [1.165, 1.54) is 0 Å². The molecule has 4 nitrogen and oxygen atoms in total. The smallest absolute Gasteiger partial charge is 0.228 e. The summed E-state index contributed by atoms with van der Waals surface area (Å²) in [6.45, 7) is 3.44. The third kappa shape index (κ3) is 4.19. The van der Waals surface area contributed by atoms with E-state index in [0.29, 0.717) is 35.4 Å². The average Bonchev–Trinajstić information content (AvgIpc) is 3.01. The summed E-state index contributed by atoms with van der Waals surface area (Å²) in [5, 5.41) is 0.934. The molecule has 1 saturated heterocycles. The monoisotopic (exact) mass is 390 g/mol. The number of anilines is 1. The second-order valence-corrected chi connectivity index (χ2v) is 7.24. The van der Waals surface area contributed by atoms with E-state index >= 15 is 0 Å². The van der Waals surface area contributed by atoms with Gasteiger partial charge in [-0.05, 0) is 30.7 Å². The van der Waals surface area contributed by atoms with Gasteiger partial charge >= 0.3 is 0 Å². The Balaban J connectivity index is 1.73. The van der Waals surface area contributed by atoms with Crippen LogP contribution in [0.15, 0.2) is 48.5 Å². The van der Waals surface area contributed by atoms with E-state index in [4.69, 9.17) is 23.2 Å². The van der Waals surface area contributed by atoms with Gasteiger partial charge < -0.3 is 9.80 Å². The maximum absolute atomic E-state index is 12.9. The number of nitrogens with zero attached hydrogens (tertiary/aromatic N) is 2. The number of halogens is 2. The van der Waals surface area contributed by atoms with Gasteiger partial charge in [0.15, 0.2) is 0 Å². The molecule has 0 spiro atoms. The number of amides is 2. The number of rotatable bonds is 5. The molecule has 0 N–H and O–H groups in total. The first-order chi connectivity index (χ1) is 12.5. The Kier molecular flexibility index (Phi) is 5.84. The van der Waals surface area contributed by atoms with E-state index in [2.05, 4.69) is 0 Å². The Morgan fingerprint density at radius 3 is 2.42 bits per heavy atom. The van der Waals surface area contributed by atoms with Crippen LogP contribution in [0.1, 0.15) is 18.9 Å². The van der Waals surface area contributed by atoms with E-state index in [0.717, 1.165) is 5.56 Å². The van der Waals surface area contributed by atoms with Crippen molar-refractivity contribution in [2.45, 2.75) is 19.9 Å². The SMILES string of the molecule is CCN(Cc1ccccc1)C(=O)C1CC(=O)N(c2cc(Cl)cc(Cl)c2)C1. The van der Waals surface area contributed by atoms with Crippen LogP contribution >= 0.6 is 23.2 Å². The van der Waals surface area contributed by atoms with Crippen LogP contribution < -0.4 is 4.90 Å². The van der Waals surface area contributed by atoms with Crippen LogP contribution in [-0.2, 0) is 16.1 Å². The molecule has 26 heavy (non-hydrogen) atoms. The highest BCUT2D eigenvalue weighted by atomic mass is 35.5. The van der Waals surface area contributed by atoms with Gasteiger partial charge in [0.1, 0.15) is 0 Å². The van der Waals surface area contributed by atoms with Crippen molar-refractivity contribution in [3.8, 4) is 0 Å². The second-order valence-electron chi connectivity index (χ2n) is 6.37. The Morgan fingerprint density at radius 2 is 1.81 bits per heavy atom. The van der Waals surface area contributed by atoms with Gasteiger partial charge in [-0.15, -0.1) is 0 Å². The van der Waals surface area contributed by atoms with Crippen molar-refractivity contribution >= 4 is 40.7 Å². The first-order valence-electron chi connectivity index (χ1n) is 8.57. The molecule has 1 heterocycles. The summed E-state index contributed by atoms with van der Waals surface area (Å²) in [5.41, 5.74) is 1.71. The molecule has 0 aromatic heterocycles. The van der Waals surface area contributed by atoms with Gasteiger partial charge in [0.2, 0.25) is 11.8 Å². The third-order valence-electron chi connectivity index (χ3n) is 4.54. The molecule has 1 fully saturated rings. The zero-order valence-corrected chi connectivity index (χ0v) is 16.0. The largest absolute Gasteiger partial charge is 0.338 e. The van der Waals surface area contributed by atoms with Crippen LogP contribution in [0.25, 0.3) is 0 Å². The minimum absolute atomic E-state index is 0.000304. The van der Waals surface area contributed by atoms with Crippen molar-refractivity contribution in [3.63, 3.8) is 0 Å². The quantitative estimate of drug-likeness (QED) is 0.758. The van der Waals surface area contributed by atoms with Crippen LogP contribution in [0, 0.1) is 5.92 Å². The van der Waals surface area contributed by atoms with Crippen molar-refractivity contribution in [2.75, 3.05) is 18.0 Å². The van der Waals surface area contributed by atoms with Gasteiger partial charge in [-0.1, -0.05) is 53.5 Å². The summed E-state index contributed by atoms with van der Waals surface area (Å²) in [7, 11) is 0. The van der Waals surface area contributed by atoms with Gasteiger partial charge in [-0.2, -0.15) is 0 Å². The van der Waals surface area contributed by atoms with Crippen LogP contribution in [0.4, 0.5) is 5.69 Å². The van der Waals surface area contributed by atoms with E-state index in [9.17, 15) is 9.59 Å². The summed E-state index contributed by atoms with van der Waals surface area (Å²) in [4.78, 5) is 28.8. The lowest BCUT2D eigenvalue weighted by Gasteiger charge is -2.24. The molecule has 2 aromatic carbocycles. The highest BCUT2D eigenvalue weighted by molar-refractivity contribution is 6.35. The molecule has 0 saturated carbocycles. The van der Waals surface area contributed by atoms with Gasteiger partial charge in [0.25, 0.3) is 0 Å². The minimum atomic E-state index is -0.357. The number of carbonyl (C=O) groups is 2. The zero-order chi connectivity index (χ0) is 18.7. The first kappa shape index (κ1) is 18.7. The van der Waals surface area contributed by atoms with Crippen molar-refractivity contribution in [1.29, 1.82) is 0 Å². The van der Waals surface area contributed by atoms with Crippen molar-refractivity contribution in [2.24, 2.45) is 5.92 Å². The Morgan fingerprint density at radius 1 is 1.15 bits per heavy atom. The Labute approximate surface area is 163 Å². The summed E-state index contributed by atoms with van der Waals surface area (Å²) >= 11 is 12.1. The van der Waals surface area contributed by atoms with Gasteiger partial charge in [-0.3, -0.25) is 9.59 Å². The number of hydrogen-bond acceptors (Lipinski definition) is 2. The molecule has 1 aliphatic heterocycles. The first-order valence-corrected chi connectivity index (χ1v) is 9.32. The van der Waals surface area contributed by atoms with Crippen molar-refractivity contribution < 1.29 is 9.59 Å². The van der Waals surface area contributed by atoms with Crippen LogP contribution in [0.3, 0.4) is 0 Å². The van der Waals surface area contributed by atoms with Crippen molar-refractivity contribution in [3.05, 3.63) is 64.1 Å². The fourth-order valence-electron chi connectivity index (χ4n) is 3.23. The minimum Gasteiger partial charge on any atom is -0.338 e. The van der Waals surface area contributed by atoms with E-state index < -0.39 is 0 Å². The lowest BCUT2D eigenvalue weighted by molar-refractivity contribution is -0.136. The highest BCUT2D eigenvalue weighted by Gasteiger charge is 2.37. The van der Waals surface area contributed by atoms with Crippen LogP contribution in [0.2, 0.25) is 10.0 Å². The fraction of sp³-hybridized carbons (Fsp3) is 0.300. The molecule has 3 rings (SSSR count). The molecule has 2 amide bonds. The molecular formula is C20H20Cl2N2O2. The van der Waals surface area contributed by atoms with Gasteiger partial charge in [0, 0.05) is 41.8 Å². The summed E-state index contributed by atoms with van der Waals surface area (Å²) in [6.07, 6.45) is 0.203. The number of carbonyl (C=O) groups excluding carboxylic acids is 2. The lowest BCUT2D eigenvalue weighted by atomic mass is 10.1. The molecule has 2 aromatic rings. The molecule has 0 aliphatic carbocycles. The molecule has 0 bridgehead atoms. The van der Waals surface area contributed by atoms with E-state index in [-0.39, 0.29) is 24.2 Å². The Hall–Kier alpha value is -2.04. The summed E-state index contributed by atoms with van der Waals surface area (Å²) < 4.78 is 0. The predicted octanol–water partition coefficient (Wildman–Crippen LogP) is 4.40. The highest BCUT2D eigenvalue weighted by Crippen LogP contribution is 2.31. The lowest BCUT2D eigenvalue weighted by Crippen LogP contribution is -2.37. The van der Waals surface area contributed by atoms with E-state index in [1.54, 1.807) is 28.0 Å². The summed E-state index contributed by atoms with van der Waals surface area (Å²) in [6, 6.07) is 14.9. The maximum atomic E-state index is 12.9. The maximum Gasteiger partial charge on any atom is 0.228 e. The molecule has 6 heteroatoms. The van der Waals surface area contributed by atoms with Gasteiger partial charge in [-0.25, -0.2) is 0 Å². The zero-order valence-electron chi connectivity index (χ0n) is 14.5. The third-order valence-corrected chi connectivity index (χ3v) is 4.98. The molecular weight excluding hydrogens is 371 g/mol. The van der Waals surface area contributed by atoms with E-state index in [1.807, 2.05) is 37.3 Å². The fourth-order valence-corrected chi connectivity index (χ4v) is 3.74. The van der Waals surface area contributed by atoms with Crippen LogP contribution in [0.5, 0.6) is 0 Å². The number of benzene rings is 2. The standard InChI is InChI=1S/C20H20Cl2N2O2/c1-2-23(12-14-6-4-3-5-7-14)20(26)15-8-19(25)24(13-15)18-10-16(21)9-17(22)11-18/h3-7,9-11,15H,2,8,12-13H2,1H3.